The number of aliphatic imine (C=N–C) groups is 1. The van der Waals surface area contributed by atoms with Gasteiger partial charge in [0, 0.05) is 6.04 Å². The van der Waals surface area contributed by atoms with Gasteiger partial charge in [-0.1, -0.05) is 30.8 Å². The largest absolute Gasteiger partial charge is 0.497 e. The van der Waals surface area contributed by atoms with E-state index in [9.17, 15) is 9.59 Å². The number of hydrogen-bond donors (Lipinski definition) is 1. The third-order valence-corrected chi connectivity index (χ3v) is 5.55. The molecule has 1 N–H and O–H groups in total. The van der Waals surface area contributed by atoms with Gasteiger partial charge in [-0.05, 0) is 49.2 Å². The smallest absolute Gasteiger partial charge is 0.278 e. The number of thioether (sulfide) groups is 1. The Morgan fingerprint density at radius 1 is 1.33 bits per heavy atom. The van der Waals surface area contributed by atoms with Gasteiger partial charge in [0.15, 0.2) is 5.17 Å². The van der Waals surface area contributed by atoms with Crippen LogP contribution >= 0.6 is 11.8 Å². The molecule has 7 nitrogen and oxygen atoms in total. The predicted molar refractivity (Wildman–Crippen MR) is 118 cm³/mol. The number of nitrogens with one attached hydrogen (secondary N) is 1. The number of hydrogen-bond acceptors (Lipinski definition) is 6. The topological polar surface area (TPSA) is 84.1 Å². The molecule has 8 heteroatoms. The molecule has 0 fully saturated rings. The number of amidine groups is 1. The van der Waals surface area contributed by atoms with Gasteiger partial charge in [0.05, 0.1) is 25.7 Å². The van der Waals surface area contributed by atoms with Crippen LogP contribution in [-0.2, 0) is 16.1 Å². The van der Waals surface area contributed by atoms with E-state index in [2.05, 4.69) is 10.3 Å². The van der Waals surface area contributed by atoms with Crippen LogP contribution < -0.4 is 10.1 Å². The average Bonchev–Trinajstić information content (AvgIpc) is 3.36. The SMILES string of the molecule is CCC(C)NC(=O)CSC1=N/C(=C/c2ccc(OC)cc2)C(=O)N1Cc1ccco1. The molecular weight excluding hydrogens is 402 g/mol. The fourth-order valence-electron chi connectivity index (χ4n) is 2.75. The lowest BCUT2D eigenvalue weighted by Gasteiger charge is -2.16. The first-order valence-electron chi connectivity index (χ1n) is 9.71. The molecule has 1 aromatic carbocycles. The number of methoxy groups -OCH3 is 1. The van der Waals surface area contributed by atoms with Crippen LogP contribution in [0.2, 0.25) is 0 Å². The molecule has 3 rings (SSSR count). The second kappa shape index (κ2) is 10.2. The van der Waals surface area contributed by atoms with Crippen LogP contribution in [0.15, 0.2) is 57.8 Å². The summed E-state index contributed by atoms with van der Waals surface area (Å²) < 4.78 is 10.6. The van der Waals surface area contributed by atoms with Crippen LogP contribution in [0.4, 0.5) is 0 Å². The minimum Gasteiger partial charge on any atom is -0.497 e. The summed E-state index contributed by atoms with van der Waals surface area (Å²) in [6, 6.07) is 11.0. The van der Waals surface area contributed by atoms with Crippen LogP contribution in [0, 0.1) is 0 Å². The first-order chi connectivity index (χ1) is 14.5. The molecule has 1 aromatic heterocycles. The highest BCUT2D eigenvalue weighted by molar-refractivity contribution is 8.14. The van der Waals surface area contributed by atoms with Gasteiger partial charge in [-0.3, -0.25) is 14.5 Å². The summed E-state index contributed by atoms with van der Waals surface area (Å²) in [5.41, 5.74) is 1.15. The molecular formula is C22H25N3O4S. The average molecular weight is 428 g/mol. The first-order valence-corrected chi connectivity index (χ1v) is 10.7. The van der Waals surface area contributed by atoms with Crippen molar-refractivity contribution in [3.63, 3.8) is 0 Å². The maximum atomic E-state index is 13.0. The van der Waals surface area contributed by atoms with Crippen molar-refractivity contribution in [3.05, 3.63) is 59.7 Å². The highest BCUT2D eigenvalue weighted by Gasteiger charge is 2.31. The summed E-state index contributed by atoms with van der Waals surface area (Å²) in [5, 5.41) is 3.41. The molecule has 1 aliphatic heterocycles. The van der Waals surface area contributed by atoms with E-state index in [0.29, 0.717) is 16.6 Å². The highest BCUT2D eigenvalue weighted by atomic mass is 32.2. The van der Waals surface area contributed by atoms with Crippen LogP contribution in [0.3, 0.4) is 0 Å². The molecule has 0 spiro atoms. The number of furan rings is 1. The quantitative estimate of drug-likeness (QED) is 0.650. The van der Waals surface area contributed by atoms with Gasteiger partial charge in [-0.2, -0.15) is 0 Å². The molecule has 2 amide bonds. The van der Waals surface area contributed by atoms with Gasteiger partial charge < -0.3 is 14.5 Å². The lowest BCUT2D eigenvalue weighted by atomic mass is 10.2. The molecule has 2 aromatic rings. The van der Waals surface area contributed by atoms with E-state index in [0.717, 1.165) is 17.7 Å². The molecule has 30 heavy (non-hydrogen) atoms. The maximum Gasteiger partial charge on any atom is 0.278 e. The van der Waals surface area contributed by atoms with E-state index in [4.69, 9.17) is 9.15 Å². The predicted octanol–water partition coefficient (Wildman–Crippen LogP) is 3.68. The Morgan fingerprint density at radius 2 is 2.10 bits per heavy atom. The van der Waals surface area contributed by atoms with Gasteiger partial charge in [-0.15, -0.1) is 0 Å². The monoisotopic (exact) mass is 427 g/mol. The van der Waals surface area contributed by atoms with Crippen LogP contribution in [-0.4, -0.2) is 40.8 Å². The van der Waals surface area contributed by atoms with Crippen LogP contribution in [0.5, 0.6) is 5.75 Å². The third kappa shape index (κ3) is 5.54. The first kappa shape index (κ1) is 21.7. The molecule has 0 bridgehead atoms. The van der Waals surface area contributed by atoms with Crippen molar-refractivity contribution in [2.24, 2.45) is 4.99 Å². The minimum atomic E-state index is -0.230. The minimum absolute atomic E-state index is 0.0879. The third-order valence-electron chi connectivity index (χ3n) is 4.58. The van der Waals surface area contributed by atoms with E-state index in [-0.39, 0.29) is 30.2 Å². The molecule has 158 valence electrons. The van der Waals surface area contributed by atoms with Crippen molar-refractivity contribution in [1.29, 1.82) is 0 Å². The van der Waals surface area contributed by atoms with E-state index in [1.165, 1.54) is 16.7 Å². The fraction of sp³-hybridized carbons (Fsp3) is 0.318. The number of rotatable bonds is 8. The number of carbonyl (C=O) groups excluding carboxylic acids is 2. The summed E-state index contributed by atoms with van der Waals surface area (Å²) in [7, 11) is 1.60. The molecule has 2 heterocycles. The van der Waals surface area contributed by atoms with E-state index < -0.39 is 0 Å². The lowest BCUT2D eigenvalue weighted by Crippen LogP contribution is -2.35. The Hall–Kier alpha value is -3.00. The van der Waals surface area contributed by atoms with Crippen LogP contribution in [0.25, 0.3) is 6.08 Å². The lowest BCUT2D eigenvalue weighted by molar-refractivity contribution is -0.123. The number of ether oxygens (including phenoxy) is 1. The Balaban J connectivity index is 1.78. The zero-order chi connectivity index (χ0) is 21.5. The van der Waals surface area contributed by atoms with Gasteiger partial charge in [0.25, 0.3) is 5.91 Å². The Morgan fingerprint density at radius 3 is 2.73 bits per heavy atom. The van der Waals surface area contributed by atoms with Gasteiger partial charge >= 0.3 is 0 Å². The zero-order valence-electron chi connectivity index (χ0n) is 17.3. The maximum absolute atomic E-state index is 13.0. The standard InChI is InChI=1S/C22H25N3O4S/c1-4-15(2)23-20(26)14-30-22-24-19(12-16-7-9-17(28-3)10-8-16)21(27)25(22)13-18-6-5-11-29-18/h5-12,15H,4,13-14H2,1-3H3,(H,23,26)/b19-12+. The Kier molecular flexibility index (Phi) is 7.35. The molecule has 0 aliphatic carbocycles. The van der Waals surface area contributed by atoms with Crippen molar-refractivity contribution in [2.45, 2.75) is 32.9 Å². The Labute approximate surface area is 180 Å². The van der Waals surface area contributed by atoms with Crippen LogP contribution in [0.1, 0.15) is 31.6 Å². The number of carbonyl (C=O) groups is 2. The summed E-state index contributed by atoms with van der Waals surface area (Å²) in [6.45, 7) is 4.22. The number of benzene rings is 1. The van der Waals surface area contributed by atoms with E-state index in [1.54, 1.807) is 31.6 Å². The number of nitrogens with zero attached hydrogens (tertiary/aromatic N) is 2. The van der Waals surface area contributed by atoms with Gasteiger partial charge in [0.1, 0.15) is 17.2 Å². The zero-order valence-corrected chi connectivity index (χ0v) is 18.1. The number of amides is 2. The van der Waals surface area contributed by atoms with Crippen molar-refractivity contribution in [1.82, 2.24) is 10.2 Å². The fourth-order valence-corrected chi connectivity index (χ4v) is 3.55. The molecule has 1 atom stereocenters. The van der Waals surface area contributed by atoms with Gasteiger partial charge in [0.2, 0.25) is 5.91 Å². The Bertz CT molecular complexity index is 936. The molecule has 1 unspecified atom stereocenters. The molecule has 0 saturated heterocycles. The van der Waals surface area contributed by atoms with Crippen molar-refractivity contribution in [3.8, 4) is 5.75 Å². The normalized spacial score (nSPS) is 16.0. The summed E-state index contributed by atoms with van der Waals surface area (Å²) in [6.07, 6.45) is 4.15. The summed E-state index contributed by atoms with van der Waals surface area (Å²) in [4.78, 5) is 31.2. The van der Waals surface area contributed by atoms with Gasteiger partial charge in [-0.25, -0.2) is 4.99 Å². The second-order valence-electron chi connectivity index (χ2n) is 6.83. The highest BCUT2D eigenvalue weighted by Crippen LogP contribution is 2.26. The molecule has 1 aliphatic rings. The molecule has 0 radical (unpaired) electrons. The van der Waals surface area contributed by atoms with E-state index in [1.807, 2.05) is 38.1 Å². The van der Waals surface area contributed by atoms with Crippen molar-refractivity contribution < 1.29 is 18.7 Å². The van der Waals surface area contributed by atoms with E-state index >= 15 is 0 Å². The summed E-state index contributed by atoms with van der Waals surface area (Å²) >= 11 is 1.24. The second-order valence-corrected chi connectivity index (χ2v) is 7.78. The van der Waals surface area contributed by atoms with Crippen molar-refractivity contribution in [2.75, 3.05) is 12.9 Å². The molecule has 0 saturated carbocycles. The summed E-state index contributed by atoms with van der Waals surface area (Å²) in [5.74, 6) is 1.25. The van der Waals surface area contributed by atoms with Crippen molar-refractivity contribution >= 4 is 34.8 Å².